The Hall–Kier alpha value is -0.990. The first-order valence-corrected chi connectivity index (χ1v) is 4.78. The molecule has 0 aromatic heterocycles. The van der Waals surface area contributed by atoms with Crippen molar-refractivity contribution < 1.29 is 9.84 Å². The van der Waals surface area contributed by atoms with E-state index in [9.17, 15) is 0 Å². The highest BCUT2D eigenvalue weighted by Crippen LogP contribution is 2.22. The van der Waals surface area contributed by atoms with Crippen LogP contribution in [0.1, 0.15) is 12.0 Å². The van der Waals surface area contributed by atoms with Gasteiger partial charge in [-0.05, 0) is 24.6 Å². The summed E-state index contributed by atoms with van der Waals surface area (Å²) < 4.78 is 5.43. The van der Waals surface area contributed by atoms with Crippen molar-refractivity contribution in [1.29, 1.82) is 0 Å². The molecule has 0 bridgehead atoms. The van der Waals surface area contributed by atoms with E-state index in [1.807, 2.05) is 0 Å². The van der Waals surface area contributed by atoms with E-state index < -0.39 is 0 Å². The van der Waals surface area contributed by atoms with Crippen molar-refractivity contribution in [2.24, 2.45) is 0 Å². The van der Waals surface area contributed by atoms with Crippen LogP contribution < -0.4 is 4.74 Å². The van der Waals surface area contributed by atoms with E-state index in [0.717, 1.165) is 6.42 Å². The lowest BCUT2D eigenvalue weighted by molar-refractivity contribution is 0.264. The molecule has 0 aliphatic rings. The number of aliphatic hydroxyl groups excluding tert-OH is 1. The molecule has 0 amide bonds. The maximum atomic E-state index is 9.04. The van der Waals surface area contributed by atoms with Gasteiger partial charge < -0.3 is 9.84 Å². The van der Waals surface area contributed by atoms with Crippen molar-refractivity contribution in [3.8, 4) is 5.75 Å². The van der Waals surface area contributed by atoms with E-state index in [0.29, 0.717) is 22.9 Å². The van der Waals surface area contributed by atoms with Crippen LogP contribution in [0.15, 0.2) is 30.9 Å². The van der Waals surface area contributed by atoms with Gasteiger partial charge in [-0.25, -0.2) is 0 Å². The topological polar surface area (TPSA) is 29.5 Å². The molecule has 3 heteroatoms. The number of aliphatic hydroxyl groups is 1. The van der Waals surface area contributed by atoms with Gasteiger partial charge in [0.25, 0.3) is 0 Å². The van der Waals surface area contributed by atoms with Gasteiger partial charge in [-0.1, -0.05) is 17.7 Å². The van der Waals surface area contributed by atoms with Crippen LogP contribution in [-0.2, 0) is 6.61 Å². The molecule has 0 radical (unpaired) electrons. The molecule has 0 heterocycles. The first-order chi connectivity index (χ1) is 6.77. The summed E-state index contributed by atoms with van der Waals surface area (Å²) in [6.45, 7) is 4.10. The molecule has 14 heavy (non-hydrogen) atoms. The smallest absolute Gasteiger partial charge is 0.124 e. The molecular weight excluding hydrogens is 200 g/mol. The molecule has 0 saturated carbocycles. The molecule has 1 N–H and O–H groups in total. The predicted octanol–water partition coefficient (Wildman–Crippen LogP) is 2.79. The van der Waals surface area contributed by atoms with Crippen LogP contribution in [0.3, 0.4) is 0 Å². The van der Waals surface area contributed by atoms with Gasteiger partial charge in [0, 0.05) is 10.6 Å². The van der Waals surface area contributed by atoms with Crippen molar-refractivity contribution in [1.82, 2.24) is 0 Å². The lowest BCUT2D eigenvalue weighted by atomic mass is 10.2. The van der Waals surface area contributed by atoms with Crippen molar-refractivity contribution in [2.75, 3.05) is 6.61 Å². The van der Waals surface area contributed by atoms with Crippen molar-refractivity contribution in [3.63, 3.8) is 0 Å². The quantitative estimate of drug-likeness (QED) is 0.601. The van der Waals surface area contributed by atoms with E-state index in [1.165, 1.54) is 0 Å². The lowest BCUT2D eigenvalue weighted by Gasteiger charge is -2.09. The summed E-state index contributed by atoms with van der Waals surface area (Å²) in [7, 11) is 0. The van der Waals surface area contributed by atoms with Gasteiger partial charge in [-0.15, -0.1) is 6.58 Å². The molecule has 1 aromatic carbocycles. The Kier molecular flexibility index (Phi) is 4.50. The number of ether oxygens (including phenoxy) is 1. The molecular formula is C11H13ClO2. The second-order valence-corrected chi connectivity index (χ2v) is 3.27. The summed E-state index contributed by atoms with van der Waals surface area (Å²) in [5.41, 5.74) is 0.710. The van der Waals surface area contributed by atoms with Crippen LogP contribution in [0.25, 0.3) is 0 Å². The van der Waals surface area contributed by atoms with Crippen LogP contribution in [0, 0.1) is 0 Å². The lowest BCUT2D eigenvalue weighted by Crippen LogP contribution is -1.99. The Morgan fingerprint density at radius 2 is 2.29 bits per heavy atom. The van der Waals surface area contributed by atoms with E-state index >= 15 is 0 Å². The van der Waals surface area contributed by atoms with E-state index in [2.05, 4.69) is 6.58 Å². The van der Waals surface area contributed by atoms with Crippen LogP contribution in [0.2, 0.25) is 5.02 Å². The molecule has 0 unspecified atom stereocenters. The predicted molar refractivity (Wildman–Crippen MR) is 57.7 cm³/mol. The molecule has 1 rings (SSSR count). The fraction of sp³-hybridized carbons (Fsp3) is 0.273. The summed E-state index contributed by atoms with van der Waals surface area (Å²) in [5, 5.41) is 9.64. The number of hydrogen-bond donors (Lipinski definition) is 1. The Morgan fingerprint density at radius 1 is 1.50 bits per heavy atom. The van der Waals surface area contributed by atoms with E-state index in [4.69, 9.17) is 21.4 Å². The van der Waals surface area contributed by atoms with Crippen molar-refractivity contribution >= 4 is 11.6 Å². The van der Waals surface area contributed by atoms with Gasteiger partial charge in [-0.3, -0.25) is 0 Å². The minimum Gasteiger partial charge on any atom is -0.493 e. The van der Waals surface area contributed by atoms with Crippen molar-refractivity contribution in [2.45, 2.75) is 13.0 Å². The normalized spacial score (nSPS) is 9.86. The van der Waals surface area contributed by atoms with Gasteiger partial charge in [0.05, 0.1) is 13.2 Å². The highest BCUT2D eigenvalue weighted by Gasteiger charge is 2.02. The largest absolute Gasteiger partial charge is 0.493 e. The first-order valence-electron chi connectivity index (χ1n) is 4.41. The molecule has 0 atom stereocenters. The number of benzene rings is 1. The van der Waals surface area contributed by atoms with Crippen molar-refractivity contribution in [3.05, 3.63) is 41.4 Å². The molecule has 0 aliphatic carbocycles. The van der Waals surface area contributed by atoms with E-state index in [1.54, 1.807) is 24.3 Å². The summed E-state index contributed by atoms with van der Waals surface area (Å²) in [6.07, 6.45) is 2.57. The number of halogens is 1. The van der Waals surface area contributed by atoms with E-state index in [-0.39, 0.29) is 6.61 Å². The number of rotatable bonds is 5. The Labute approximate surface area is 88.8 Å². The Morgan fingerprint density at radius 3 is 2.93 bits per heavy atom. The standard InChI is InChI=1S/C11H13ClO2/c1-2-3-6-14-11-5-4-10(12)7-9(11)8-13/h2,4-5,7,13H,1,3,6,8H2. The SMILES string of the molecule is C=CCCOc1ccc(Cl)cc1CO. The zero-order valence-electron chi connectivity index (χ0n) is 7.87. The van der Waals surface area contributed by atoms with Gasteiger partial charge >= 0.3 is 0 Å². The average Bonchev–Trinajstić information content (AvgIpc) is 2.20. The highest BCUT2D eigenvalue weighted by molar-refractivity contribution is 6.30. The summed E-state index contributed by atoms with van der Waals surface area (Å²) in [6, 6.07) is 5.20. The molecule has 0 aliphatic heterocycles. The highest BCUT2D eigenvalue weighted by atomic mass is 35.5. The van der Waals surface area contributed by atoms with Gasteiger partial charge in [0.15, 0.2) is 0 Å². The maximum Gasteiger partial charge on any atom is 0.124 e. The van der Waals surface area contributed by atoms with Crippen LogP contribution in [0.4, 0.5) is 0 Å². The molecule has 0 saturated heterocycles. The van der Waals surface area contributed by atoms with Crippen LogP contribution in [0.5, 0.6) is 5.75 Å². The monoisotopic (exact) mass is 212 g/mol. The van der Waals surface area contributed by atoms with Crippen LogP contribution >= 0.6 is 11.6 Å². The van der Waals surface area contributed by atoms with Gasteiger partial charge in [0.2, 0.25) is 0 Å². The number of hydrogen-bond acceptors (Lipinski definition) is 2. The average molecular weight is 213 g/mol. The Balaban J connectivity index is 2.69. The summed E-state index contributed by atoms with van der Waals surface area (Å²) >= 11 is 5.77. The zero-order chi connectivity index (χ0) is 10.4. The zero-order valence-corrected chi connectivity index (χ0v) is 8.63. The minimum absolute atomic E-state index is 0.0655. The maximum absolute atomic E-state index is 9.04. The molecule has 2 nitrogen and oxygen atoms in total. The molecule has 1 aromatic rings. The molecule has 76 valence electrons. The second-order valence-electron chi connectivity index (χ2n) is 2.84. The Bertz CT molecular complexity index is 310. The molecule has 0 spiro atoms. The first kappa shape index (κ1) is 11.1. The third kappa shape index (κ3) is 3.05. The van der Waals surface area contributed by atoms with Gasteiger partial charge in [-0.2, -0.15) is 0 Å². The fourth-order valence-corrected chi connectivity index (χ4v) is 1.26. The summed E-state index contributed by atoms with van der Waals surface area (Å²) in [4.78, 5) is 0. The molecule has 0 fully saturated rings. The fourth-order valence-electron chi connectivity index (χ4n) is 1.06. The summed E-state index contributed by atoms with van der Waals surface area (Å²) in [5.74, 6) is 0.679. The third-order valence-electron chi connectivity index (χ3n) is 1.77. The third-order valence-corrected chi connectivity index (χ3v) is 2.01. The van der Waals surface area contributed by atoms with Gasteiger partial charge in [0.1, 0.15) is 5.75 Å². The van der Waals surface area contributed by atoms with Crippen LogP contribution in [-0.4, -0.2) is 11.7 Å². The minimum atomic E-state index is -0.0655. The second kappa shape index (κ2) is 5.68.